The molecule has 0 saturated carbocycles. The molecule has 0 radical (unpaired) electrons. The maximum absolute atomic E-state index is 11.9. The lowest BCUT2D eigenvalue weighted by atomic mass is 10.1. The zero-order valence-electron chi connectivity index (χ0n) is 14.5. The summed E-state index contributed by atoms with van der Waals surface area (Å²) in [5.41, 5.74) is 2.12. The van der Waals surface area contributed by atoms with Crippen LogP contribution in [0.4, 0.5) is 4.79 Å². The molecule has 1 atom stereocenters. The van der Waals surface area contributed by atoms with Crippen molar-refractivity contribution in [3.05, 3.63) is 17.1 Å². The average Bonchev–Trinajstić information content (AvgIpc) is 2.86. The van der Waals surface area contributed by atoms with Crippen molar-refractivity contribution in [1.29, 1.82) is 0 Å². The second-order valence-electron chi connectivity index (χ2n) is 6.22. The molecule has 24 heavy (non-hydrogen) atoms. The number of carbonyl (C=O) groups excluding carboxylic acids is 1. The molecule has 0 bridgehead atoms. The number of rotatable bonds is 3. The number of urea groups is 1. The number of piperidine rings is 1. The average molecular weight is 334 g/mol. The van der Waals surface area contributed by atoms with Gasteiger partial charge in [-0.3, -0.25) is 0 Å². The molecule has 1 fully saturated rings. The van der Waals surface area contributed by atoms with E-state index in [2.05, 4.69) is 15.3 Å². The van der Waals surface area contributed by atoms with Crippen molar-refractivity contribution in [1.82, 2.24) is 20.2 Å². The number of nitrogens with one attached hydrogen (secondary N) is 1. The van der Waals surface area contributed by atoms with Crippen LogP contribution in [0, 0.1) is 0 Å². The lowest BCUT2D eigenvalue weighted by Gasteiger charge is -2.32. The minimum Gasteiger partial charge on any atom is -0.472 e. The number of carbonyl (C=O) groups is 1. The van der Waals surface area contributed by atoms with Crippen LogP contribution in [0.5, 0.6) is 5.88 Å². The predicted molar refractivity (Wildman–Crippen MR) is 89.3 cm³/mol. The van der Waals surface area contributed by atoms with Crippen LogP contribution in [0.25, 0.3) is 0 Å². The lowest BCUT2D eigenvalue weighted by molar-refractivity contribution is 0.0968. The summed E-state index contributed by atoms with van der Waals surface area (Å²) in [6.07, 6.45) is 4.21. The Balaban J connectivity index is 1.79. The zero-order chi connectivity index (χ0) is 16.9. The standard InChI is InChI=1S/C17H26N4O3/c1-3-15-19-14-7-10-23-9-6-13(14)16(20-15)24-12-5-4-8-21(11-12)17(22)18-2/h12H,3-11H2,1-2H3,(H,18,22). The van der Waals surface area contributed by atoms with Crippen molar-refractivity contribution < 1.29 is 14.3 Å². The second kappa shape index (κ2) is 7.79. The number of aryl methyl sites for hydroxylation is 1. The fourth-order valence-electron chi connectivity index (χ4n) is 3.25. The number of likely N-dealkylation sites (tertiary alicyclic amines) is 1. The molecular formula is C17H26N4O3. The Bertz CT molecular complexity index is 593. The minimum atomic E-state index is -0.0486. The third-order valence-corrected chi connectivity index (χ3v) is 4.55. The van der Waals surface area contributed by atoms with Gasteiger partial charge in [-0.15, -0.1) is 0 Å². The smallest absolute Gasteiger partial charge is 0.317 e. The highest BCUT2D eigenvalue weighted by Crippen LogP contribution is 2.26. The molecule has 3 rings (SSSR count). The normalized spacial score (nSPS) is 20.9. The maximum Gasteiger partial charge on any atom is 0.317 e. The van der Waals surface area contributed by atoms with Crippen molar-refractivity contribution in [2.75, 3.05) is 33.4 Å². The number of amides is 2. The molecule has 0 spiro atoms. The van der Waals surface area contributed by atoms with Crippen LogP contribution >= 0.6 is 0 Å². The predicted octanol–water partition coefficient (Wildman–Crippen LogP) is 1.34. The SMILES string of the molecule is CCc1nc2c(c(OC3CCCN(C(=O)NC)C3)n1)CCOCC2. The Labute approximate surface area is 142 Å². The van der Waals surface area contributed by atoms with E-state index in [1.807, 2.05) is 6.92 Å². The van der Waals surface area contributed by atoms with Crippen molar-refractivity contribution >= 4 is 6.03 Å². The van der Waals surface area contributed by atoms with Gasteiger partial charge < -0.3 is 19.7 Å². The van der Waals surface area contributed by atoms with E-state index in [-0.39, 0.29) is 12.1 Å². The van der Waals surface area contributed by atoms with Crippen LogP contribution in [0.1, 0.15) is 36.8 Å². The van der Waals surface area contributed by atoms with E-state index in [0.29, 0.717) is 25.6 Å². The molecule has 2 amide bonds. The van der Waals surface area contributed by atoms with Gasteiger partial charge in [-0.1, -0.05) is 6.92 Å². The second-order valence-corrected chi connectivity index (χ2v) is 6.22. The van der Waals surface area contributed by atoms with Crippen molar-refractivity contribution in [3.8, 4) is 5.88 Å². The van der Waals surface area contributed by atoms with Gasteiger partial charge in [0.05, 0.1) is 25.5 Å². The summed E-state index contributed by atoms with van der Waals surface area (Å²) in [4.78, 5) is 22.9. The Kier molecular flexibility index (Phi) is 5.50. The van der Waals surface area contributed by atoms with E-state index in [0.717, 1.165) is 55.7 Å². The molecule has 0 aliphatic carbocycles. The van der Waals surface area contributed by atoms with E-state index in [1.165, 1.54) is 0 Å². The van der Waals surface area contributed by atoms with Crippen LogP contribution in [-0.2, 0) is 24.0 Å². The van der Waals surface area contributed by atoms with E-state index >= 15 is 0 Å². The van der Waals surface area contributed by atoms with Crippen LogP contribution < -0.4 is 10.1 Å². The summed E-state index contributed by atoms with van der Waals surface area (Å²) < 4.78 is 11.8. The summed E-state index contributed by atoms with van der Waals surface area (Å²) in [5, 5.41) is 2.68. The number of nitrogens with zero attached hydrogens (tertiary/aromatic N) is 3. The molecule has 132 valence electrons. The molecule has 1 saturated heterocycles. The van der Waals surface area contributed by atoms with Gasteiger partial charge in [-0.05, 0) is 12.8 Å². The van der Waals surface area contributed by atoms with Crippen LogP contribution in [0.3, 0.4) is 0 Å². The molecule has 0 aromatic carbocycles. The first-order chi connectivity index (χ1) is 11.7. The van der Waals surface area contributed by atoms with Gasteiger partial charge in [-0.2, -0.15) is 4.98 Å². The third-order valence-electron chi connectivity index (χ3n) is 4.55. The first-order valence-electron chi connectivity index (χ1n) is 8.81. The fraction of sp³-hybridized carbons (Fsp3) is 0.706. The Morgan fingerprint density at radius 3 is 3.00 bits per heavy atom. The number of ether oxygens (including phenoxy) is 2. The van der Waals surface area contributed by atoms with Gasteiger partial charge in [0.15, 0.2) is 0 Å². The maximum atomic E-state index is 11.9. The van der Waals surface area contributed by atoms with E-state index < -0.39 is 0 Å². The van der Waals surface area contributed by atoms with Crippen LogP contribution in [0.15, 0.2) is 0 Å². The summed E-state index contributed by atoms with van der Waals surface area (Å²) in [5.74, 6) is 1.50. The van der Waals surface area contributed by atoms with Crippen LogP contribution in [-0.4, -0.2) is 60.4 Å². The lowest BCUT2D eigenvalue weighted by Crippen LogP contribution is -2.47. The van der Waals surface area contributed by atoms with Gasteiger partial charge in [0.2, 0.25) is 5.88 Å². The van der Waals surface area contributed by atoms with Gasteiger partial charge >= 0.3 is 6.03 Å². The highest BCUT2D eigenvalue weighted by molar-refractivity contribution is 5.73. The topological polar surface area (TPSA) is 76.6 Å². The molecule has 1 N–H and O–H groups in total. The van der Waals surface area contributed by atoms with Crippen molar-refractivity contribution in [2.24, 2.45) is 0 Å². The molecule has 7 heteroatoms. The molecular weight excluding hydrogens is 308 g/mol. The van der Waals surface area contributed by atoms with Gasteiger partial charge in [-0.25, -0.2) is 9.78 Å². The van der Waals surface area contributed by atoms with Gasteiger partial charge in [0, 0.05) is 38.4 Å². The number of fused-ring (bicyclic) bond motifs is 1. The molecule has 1 aromatic rings. The molecule has 2 aliphatic heterocycles. The van der Waals surface area contributed by atoms with Crippen molar-refractivity contribution in [3.63, 3.8) is 0 Å². The highest BCUT2D eigenvalue weighted by Gasteiger charge is 2.26. The summed E-state index contributed by atoms with van der Waals surface area (Å²) >= 11 is 0. The molecule has 1 unspecified atom stereocenters. The Morgan fingerprint density at radius 1 is 1.38 bits per heavy atom. The zero-order valence-corrected chi connectivity index (χ0v) is 14.5. The Hall–Kier alpha value is -1.89. The van der Waals surface area contributed by atoms with Gasteiger partial charge in [0.1, 0.15) is 11.9 Å². The number of hydrogen-bond donors (Lipinski definition) is 1. The minimum absolute atomic E-state index is 0.0241. The largest absolute Gasteiger partial charge is 0.472 e. The fourth-order valence-corrected chi connectivity index (χ4v) is 3.25. The molecule has 7 nitrogen and oxygen atoms in total. The monoisotopic (exact) mass is 334 g/mol. The molecule has 3 heterocycles. The molecule has 1 aromatic heterocycles. The third kappa shape index (κ3) is 3.77. The summed E-state index contributed by atoms with van der Waals surface area (Å²) in [7, 11) is 1.66. The van der Waals surface area contributed by atoms with E-state index in [9.17, 15) is 4.79 Å². The Morgan fingerprint density at radius 2 is 2.21 bits per heavy atom. The number of hydrogen-bond acceptors (Lipinski definition) is 5. The summed E-state index contributed by atoms with van der Waals surface area (Å²) in [6, 6.07) is -0.0486. The van der Waals surface area contributed by atoms with Gasteiger partial charge in [0.25, 0.3) is 0 Å². The van der Waals surface area contributed by atoms with E-state index in [4.69, 9.17) is 9.47 Å². The van der Waals surface area contributed by atoms with Crippen molar-refractivity contribution in [2.45, 2.75) is 45.1 Å². The highest BCUT2D eigenvalue weighted by atomic mass is 16.5. The first kappa shape index (κ1) is 17.0. The number of aromatic nitrogens is 2. The molecule has 2 aliphatic rings. The summed E-state index contributed by atoms with van der Waals surface area (Å²) in [6.45, 7) is 4.78. The first-order valence-corrected chi connectivity index (χ1v) is 8.81. The van der Waals surface area contributed by atoms with E-state index in [1.54, 1.807) is 11.9 Å². The quantitative estimate of drug-likeness (QED) is 0.903. The van der Waals surface area contributed by atoms with Crippen LogP contribution in [0.2, 0.25) is 0 Å².